The zero-order valence-corrected chi connectivity index (χ0v) is 19.3. The number of nitrogens with zero attached hydrogens (tertiary/aromatic N) is 5. The summed E-state index contributed by atoms with van der Waals surface area (Å²) in [4.78, 5) is 12.6. The molecule has 4 rings (SSSR count). The second-order valence-corrected chi connectivity index (χ2v) is 8.13. The SMILES string of the molecule is CC(=NNC(=O)c1cccc(COc2ccc(I)cc2)c1)c1ccc(-n2cnnn2)cc1. The number of hydrazone groups is 1. The molecule has 8 nitrogen and oxygen atoms in total. The van der Waals surface area contributed by atoms with E-state index in [1.165, 1.54) is 6.33 Å². The Morgan fingerprint density at radius 3 is 2.56 bits per heavy atom. The topological polar surface area (TPSA) is 94.3 Å². The first-order valence-electron chi connectivity index (χ1n) is 9.74. The number of halogens is 1. The van der Waals surface area contributed by atoms with E-state index in [-0.39, 0.29) is 5.91 Å². The molecule has 0 saturated carbocycles. The lowest BCUT2D eigenvalue weighted by Gasteiger charge is -2.08. The van der Waals surface area contributed by atoms with Gasteiger partial charge in [0.05, 0.1) is 11.4 Å². The molecule has 0 spiro atoms. The third-order valence-electron chi connectivity index (χ3n) is 4.63. The number of tetrazole rings is 1. The molecule has 0 atom stereocenters. The zero-order valence-electron chi connectivity index (χ0n) is 17.1. The van der Waals surface area contributed by atoms with Crippen LogP contribution in [0.25, 0.3) is 5.69 Å². The van der Waals surface area contributed by atoms with Crippen molar-refractivity contribution < 1.29 is 9.53 Å². The van der Waals surface area contributed by atoms with Gasteiger partial charge in [0.2, 0.25) is 0 Å². The molecule has 1 N–H and O–H groups in total. The van der Waals surface area contributed by atoms with Gasteiger partial charge in [-0.2, -0.15) is 5.10 Å². The summed E-state index contributed by atoms with van der Waals surface area (Å²) in [5.74, 6) is 0.498. The second kappa shape index (κ2) is 10.1. The number of carbonyl (C=O) groups is 1. The van der Waals surface area contributed by atoms with E-state index in [0.29, 0.717) is 17.9 Å². The van der Waals surface area contributed by atoms with Gasteiger partial charge in [-0.3, -0.25) is 4.79 Å². The van der Waals surface area contributed by atoms with Gasteiger partial charge in [-0.05, 0) is 99.6 Å². The number of nitrogens with one attached hydrogen (secondary N) is 1. The highest BCUT2D eigenvalue weighted by Gasteiger charge is 2.07. The number of amides is 1. The van der Waals surface area contributed by atoms with E-state index in [4.69, 9.17) is 4.74 Å². The molecule has 0 fully saturated rings. The third kappa shape index (κ3) is 5.55. The maximum absolute atomic E-state index is 12.6. The highest BCUT2D eigenvalue weighted by molar-refractivity contribution is 14.1. The number of ether oxygens (including phenoxy) is 1. The molecule has 9 heteroatoms. The minimum atomic E-state index is -0.286. The molecular formula is C23H19IN6O2. The Balaban J connectivity index is 1.37. The summed E-state index contributed by atoms with van der Waals surface area (Å²) in [5, 5.41) is 15.3. The summed E-state index contributed by atoms with van der Waals surface area (Å²) < 4.78 is 8.51. The molecule has 32 heavy (non-hydrogen) atoms. The van der Waals surface area contributed by atoms with E-state index < -0.39 is 0 Å². The number of hydrogen-bond acceptors (Lipinski definition) is 6. The highest BCUT2D eigenvalue weighted by atomic mass is 127. The summed E-state index contributed by atoms with van der Waals surface area (Å²) in [7, 11) is 0. The van der Waals surface area contributed by atoms with Gasteiger partial charge >= 0.3 is 0 Å². The number of rotatable bonds is 7. The molecule has 3 aromatic carbocycles. The number of carbonyl (C=O) groups excluding carboxylic acids is 1. The van der Waals surface area contributed by atoms with E-state index >= 15 is 0 Å². The first kappa shape index (κ1) is 21.6. The lowest BCUT2D eigenvalue weighted by Crippen LogP contribution is -2.19. The second-order valence-electron chi connectivity index (χ2n) is 6.88. The summed E-state index contributed by atoms with van der Waals surface area (Å²) in [6.07, 6.45) is 1.52. The molecular weight excluding hydrogens is 519 g/mol. The van der Waals surface area contributed by atoms with Crippen molar-refractivity contribution in [2.24, 2.45) is 5.10 Å². The Hall–Kier alpha value is -3.60. The van der Waals surface area contributed by atoms with Gasteiger partial charge in [-0.1, -0.05) is 24.3 Å². The summed E-state index contributed by atoms with van der Waals surface area (Å²) in [6.45, 7) is 2.20. The van der Waals surface area contributed by atoms with Crippen LogP contribution >= 0.6 is 22.6 Å². The standard InChI is InChI=1S/C23H19IN6O2/c1-16(18-5-9-21(10-6-18)30-15-25-28-29-30)26-27-23(31)19-4-2-3-17(13-19)14-32-22-11-7-20(24)8-12-22/h2-13,15H,14H2,1H3,(H,27,31). The average Bonchev–Trinajstić information content (AvgIpc) is 3.37. The van der Waals surface area contributed by atoms with Crippen molar-refractivity contribution in [2.75, 3.05) is 0 Å². The van der Waals surface area contributed by atoms with Crippen LogP contribution in [-0.4, -0.2) is 31.8 Å². The van der Waals surface area contributed by atoms with Crippen LogP contribution in [0.15, 0.2) is 84.2 Å². The van der Waals surface area contributed by atoms with Gasteiger partial charge in [-0.25, -0.2) is 10.1 Å². The monoisotopic (exact) mass is 538 g/mol. The summed E-state index contributed by atoms with van der Waals surface area (Å²) in [5.41, 5.74) is 6.42. The van der Waals surface area contributed by atoms with Crippen LogP contribution in [0.4, 0.5) is 0 Å². The van der Waals surface area contributed by atoms with E-state index in [1.807, 2.05) is 67.6 Å². The molecule has 1 aromatic heterocycles. The number of benzene rings is 3. The molecule has 0 aliphatic carbocycles. The van der Waals surface area contributed by atoms with Gasteiger partial charge in [0.1, 0.15) is 18.7 Å². The molecule has 0 radical (unpaired) electrons. The summed E-state index contributed by atoms with van der Waals surface area (Å²) >= 11 is 2.25. The van der Waals surface area contributed by atoms with Crippen molar-refractivity contribution in [1.29, 1.82) is 0 Å². The minimum Gasteiger partial charge on any atom is -0.489 e. The average molecular weight is 538 g/mol. The van der Waals surface area contributed by atoms with Crippen LogP contribution < -0.4 is 10.2 Å². The zero-order chi connectivity index (χ0) is 22.3. The first-order chi connectivity index (χ1) is 15.6. The van der Waals surface area contributed by atoms with E-state index in [2.05, 4.69) is 48.6 Å². The molecule has 160 valence electrons. The van der Waals surface area contributed by atoms with Crippen LogP contribution in [0, 0.1) is 3.57 Å². The highest BCUT2D eigenvalue weighted by Crippen LogP contribution is 2.16. The Bertz CT molecular complexity index is 1220. The first-order valence-corrected chi connectivity index (χ1v) is 10.8. The quantitative estimate of drug-likeness (QED) is 0.218. The maximum Gasteiger partial charge on any atom is 0.271 e. The van der Waals surface area contributed by atoms with Crippen molar-refractivity contribution in [2.45, 2.75) is 13.5 Å². The molecule has 1 heterocycles. The predicted molar refractivity (Wildman–Crippen MR) is 129 cm³/mol. The molecule has 0 saturated heterocycles. The molecule has 4 aromatic rings. The number of aromatic nitrogens is 4. The van der Waals surface area contributed by atoms with E-state index in [0.717, 1.165) is 26.1 Å². The maximum atomic E-state index is 12.6. The Morgan fingerprint density at radius 1 is 1.06 bits per heavy atom. The molecule has 1 amide bonds. The Kier molecular flexibility index (Phi) is 6.85. The fourth-order valence-electron chi connectivity index (χ4n) is 2.90. The smallest absolute Gasteiger partial charge is 0.271 e. The van der Waals surface area contributed by atoms with Crippen molar-refractivity contribution >= 4 is 34.2 Å². The van der Waals surface area contributed by atoms with Crippen LogP contribution in [0.1, 0.15) is 28.4 Å². The van der Waals surface area contributed by atoms with Gasteiger partial charge < -0.3 is 4.74 Å². The molecule has 0 aliphatic heterocycles. The van der Waals surface area contributed by atoms with Gasteiger partial charge in [0.15, 0.2) is 0 Å². The lowest BCUT2D eigenvalue weighted by atomic mass is 10.1. The number of hydrogen-bond donors (Lipinski definition) is 1. The van der Waals surface area contributed by atoms with Crippen molar-refractivity contribution in [3.63, 3.8) is 0 Å². The normalized spacial score (nSPS) is 11.2. The molecule has 0 unspecified atom stereocenters. The van der Waals surface area contributed by atoms with Crippen molar-refractivity contribution in [1.82, 2.24) is 25.6 Å². The van der Waals surface area contributed by atoms with Crippen molar-refractivity contribution in [3.8, 4) is 11.4 Å². The summed E-state index contributed by atoms with van der Waals surface area (Å²) in [6, 6.07) is 22.7. The minimum absolute atomic E-state index is 0.286. The van der Waals surface area contributed by atoms with E-state index in [9.17, 15) is 4.79 Å². The third-order valence-corrected chi connectivity index (χ3v) is 5.35. The van der Waals surface area contributed by atoms with Crippen LogP contribution in [0.5, 0.6) is 5.75 Å². The van der Waals surface area contributed by atoms with Crippen LogP contribution in [0.2, 0.25) is 0 Å². The van der Waals surface area contributed by atoms with E-state index in [1.54, 1.807) is 16.8 Å². The van der Waals surface area contributed by atoms with Gasteiger partial charge in [0.25, 0.3) is 5.91 Å². The Labute approximate surface area is 198 Å². The molecule has 0 aliphatic rings. The lowest BCUT2D eigenvalue weighted by molar-refractivity contribution is 0.0954. The van der Waals surface area contributed by atoms with Crippen molar-refractivity contribution in [3.05, 3.63) is 99.4 Å². The fourth-order valence-corrected chi connectivity index (χ4v) is 3.26. The molecule has 0 bridgehead atoms. The predicted octanol–water partition coefficient (Wildman–Crippen LogP) is 4.00. The Morgan fingerprint density at radius 2 is 1.84 bits per heavy atom. The van der Waals surface area contributed by atoms with Crippen LogP contribution in [0.3, 0.4) is 0 Å². The fraction of sp³-hybridized carbons (Fsp3) is 0.0870. The largest absolute Gasteiger partial charge is 0.489 e. The van der Waals surface area contributed by atoms with Crippen LogP contribution in [-0.2, 0) is 6.61 Å². The van der Waals surface area contributed by atoms with Gasteiger partial charge in [0, 0.05) is 9.13 Å². The van der Waals surface area contributed by atoms with Gasteiger partial charge in [-0.15, -0.1) is 5.10 Å².